The van der Waals surface area contributed by atoms with Crippen molar-refractivity contribution in [3.63, 3.8) is 0 Å². The Morgan fingerprint density at radius 1 is 1.11 bits per heavy atom. The molecule has 1 saturated heterocycles. The third-order valence-electron chi connectivity index (χ3n) is 3.68. The van der Waals surface area contributed by atoms with Gasteiger partial charge in [-0.05, 0) is 17.7 Å². The largest absolute Gasteiger partial charge is 0.325 e. The van der Waals surface area contributed by atoms with Crippen LogP contribution >= 0.6 is 46.6 Å². The van der Waals surface area contributed by atoms with Crippen molar-refractivity contribution < 1.29 is 9.59 Å². The van der Waals surface area contributed by atoms with Gasteiger partial charge in [0.15, 0.2) is 5.17 Å². The van der Waals surface area contributed by atoms with E-state index in [0.717, 1.165) is 5.56 Å². The number of amidine groups is 1. The number of anilines is 1. The third kappa shape index (κ3) is 5.39. The van der Waals surface area contributed by atoms with Gasteiger partial charge in [0.05, 0.1) is 27.3 Å². The summed E-state index contributed by atoms with van der Waals surface area (Å²) in [6.45, 7) is 0.460. The smallest absolute Gasteiger partial charge is 0.240 e. The predicted molar refractivity (Wildman–Crippen MR) is 112 cm³/mol. The lowest BCUT2D eigenvalue weighted by Gasteiger charge is -2.10. The highest BCUT2D eigenvalue weighted by Gasteiger charge is 2.32. The Morgan fingerprint density at radius 2 is 1.81 bits per heavy atom. The molecular formula is C18H14Cl3N3O2S. The normalized spacial score (nSPS) is 17.8. The quantitative estimate of drug-likeness (QED) is 0.656. The number of nitrogens with zero attached hydrogens (tertiary/aromatic N) is 1. The van der Waals surface area contributed by atoms with Gasteiger partial charge < -0.3 is 10.6 Å². The number of hydrogen-bond donors (Lipinski definition) is 2. The second-order valence-corrected chi connectivity index (χ2v) is 8.11. The summed E-state index contributed by atoms with van der Waals surface area (Å²) in [6.07, 6.45) is -0.0164. The average Bonchev–Trinajstić information content (AvgIpc) is 2.98. The van der Waals surface area contributed by atoms with E-state index in [0.29, 0.717) is 22.4 Å². The molecule has 0 bridgehead atoms. The van der Waals surface area contributed by atoms with Crippen LogP contribution < -0.4 is 10.6 Å². The van der Waals surface area contributed by atoms with Gasteiger partial charge in [-0.15, -0.1) is 0 Å². The van der Waals surface area contributed by atoms with E-state index in [2.05, 4.69) is 15.6 Å². The maximum absolute atomic E-state index is 12.3. The number of rotatable bonds is 5. The minimum absolute atomic E-state index is 0.0164. The van der Waals surface area contributed by atoms with Crippen molar-refractivity contribution >= 4 is 69.2 Å². The van der Waals surface area contributed by atoms with E-state index in [1.54, 1.807) is 0 Å². The third-order valence-corrected chi connectivity index (χ3v) is 5.83. The SMILES string of the molecule is O=C(CC1SC(=NCc2ccccc2)NC1=O)Nc1cc(Cl)c(Cl)cc1Cl. The zero-order chi connectivity index (χ0) is 19.4. The number of nitrogens with one attached hydrogen (secondary N) is 2. The Bertz CT molecular complexity index is 906. The van der Waals surface area contributed by atoms with Crippen molar-refractivity contribution in [2.45, 2.75) is 18.2 Å². The van der Waals surface area contributed by atoms with Crippen molar-refractivity contribution in [3.8, 4) is 0 Å². The average molecular weight is 443 g/mol. The van der Waals surface area contributed by atoms with Crippen LogP contribution in [-0.2, 0) is 16.1 Å². The van der Waals surface area contributed by atoms with E-state index < -0.39 is 5.25 Å². The van der Waals surface area contributed by atoms with Crippen LogP contribution in [0.25, 0.3) is 0 Å². The highest BCUT2D eigenvalue weighted by molar-refractivity contribution is 8.15. The van der Waals surface area contributed by atoms with Crippen molar-refractivity contribution in [3.05, 3.63) is 63.1 Å². The number of amides is 2. The lowest BCUT2D eigenvalue weighted by atomic mass is 10.2. The molecule has 3 rings (SSSR count). The fourth-order valence-electron chi connectivity index (χ4n) is 2.35. The van der Waals surface area contributed by atoms with Crippen LogP contribution in [0.15, 0.2) is 47.5 Å². The maximum Gasteiger partial charge on any atom is 0.240 e. The molecule has 0 aliphatic carbocycles. The van der Waals surface area contributed by atoms with Crippen molar-refractivity contribution in [1.29, 1.82) is 0 Å². The molecule has 0 saturated carbocycles. The first-order chi connectivity index (χ1) is 12.9. The second kappa shape index (κ2) is 8.97. The summed E-state index contributed by atoms with van der Waals surface area (Å²) < 4.78 is 0. The summed E-state index contributed by atoms with van der Waals surface area (Å²) in [4.78, 5) is 28.7. The molecule has 1 aliphatic rings. The highest BCUT2D eigenvalue weighted by atomic mass is 35.5. The summed E-state index contributed by atoms with van der Waals surface area (Å²) >= 11 is 19.1. The Hall–Kier alpha value is -1.73. The number of halogens is 3. The number of carbonyl (C=O) groups is 2. The summed E-state index contributed by atoms with van der Waals surface area (Å²) in [7, 11) is 0. The first kappa shape index (κ1) is 20.0. The van der Waals surface area contributed by atoms with Crippen LogP contribution in [0.5, 0.6) is 0 Å². The molecule has 2 aromatic carbocycles. The number of benzene rings is 2. The Kier molecular flexibility index (Phi) is 6.65. The van der Waals surface area contributed by atoms with Gasteiger partial charge in [-0.25, -0.2) is 0 Å². The first-order valence-electron chi connectivity index (χ1n) is 7.92. The van der Waals surface area contributed by atoms with E-state index in [1.807, 2.05) is 30.3 Å². The Morgan fingerprint density at radius 3 is 2.56 bits per heavy atom. The highest BCUT2D eigenvalue weighted by Crippen LogP contribution is 2.32. The zero-order valence-electron chi connectivity index (χ0n) is 13.8. The predicted octanol–water partition coefficient (Wildman–Crippen LogP) is 4.76. The van der Waals surface area contributed by atoms with Crippen molar-refractivity contribution in [2.24, 2.45) is 4.99 Å². The molecule has 0 radical (unpaired) electrons. The molecule has 140 valence electrons. The molecule has 5 nitrogen and oxygen atoms in total. The van der Waals surface area contributed by atoms with Gasteiger partial charge in [0.1, 0.15) is 5.25 Å². The van der Waals surface area contributed by atoms with Gasteiger partial charge in [0.25, 0.3) is 0 Å². The van der Waals surface area contributed by atoms with Gasteiger partial charge in [-0.1, -0.05) is 76.9 Å². The van der Waals surface area contributed by atoms with Crippen LogP contribution in [0.2, 0.25) is 15.1 Å². The van der Waals surface area contributed by atoms with E-state index >= 15 is 0 Å². The summed E-state index contributed by atoms with van der Waals surface area (Å²) in [6, 6.07) is 12.6. The molecule has 2 aromatic rings. The van der Waals surface area contributed by atoms with E-state index in [1.165, 1.54) is 23.9 Å². The molecule has 0 spiro atoms. The number of aliphatic imine (C=N–C) groups is 1. The molecule has 2 amide bonds. The van der Waals surface area contributed by atoms with Gasteiger partial charge in [-0.3, -0.25) is 14.6 Å². The fraction of sp³-hybridized carbons (Fsp3) is 0.167. The Labute approximate surface area is 175 Å². The molecule has 1 atom stereocenters. The molecule has 1 aliphatic heterocycles. The molecule has 9 heteroatoms. The van der Waals surface area contributed by atoms with Crippen molar-refractivity contribution in [1.82, 2.24) is 5.32 Å². The van der Waals surface area contributed by atoms with Crippen LogP contribution in [0.4, 0.5) is 5.69 Å². The molecule has 1 unspecified atom stereocenters. The lowest BCUT2D eigenvalue weighted by molar-refractivity contribution is -0.122. The van der Waals surface area contributed by atoms with Gasteiger partial charge in [0.2, 0.25) is 11.8 Å². The monoisotopic (exact) mass is 441 g/mol. The van der Waals surface area contributed by atoms with Crippen LogP contribution in [-0.4, -0.2) is 22.2 Å². The van der Waals surface area contributed by atoms with Crippen molar-refractivity contribution in [2.75, 3.05) is 5.32 Å². The second-order valence-electron chi connectivity index (χ2n) is 5.70. The molecular weight excluding hydrogens is 429 g/mol. The summed E-state index contributed by atoms with van der Waals surface area (Å²) in [5.41, 5.74) is 1.38. The molecule has 2 N–H and O–H groups in total. The molecule has 1 heterocycles. The number of hydrogen-bond acceptors (Lipinski definition) is 4. The Balaban J connectivity index is 1.58. The van der Waals surface area contributed by atoms with Gasteiger partial charge in [-0.2, -0.15) is 0 Å². The number of carbonyl (C=O) groups excluding carboxylic acids is 2. The molecule has 1 fully saturated rings. The van der Waals surface area contributed by atoms with Crippen LogP contribution in [0.3, 0.4) is 0 Å². The van der Waals surface area contributed by atoms with Gasteiger partial charge in [0, 0.05) is 6.42 Å². The summed E-state index contributed by atoms with van der Waals surface area (Å²) in [5.74, 6) is -0.602. The minimum atomic E-state index is -0.555. The molecule has 0 aromatic heterocycles. The van der Waals surface area contributed by atoms with E-state index in [9.17, 15) is 9.59 Å². The topological polar surface area (TPSA) is 70.6 Å². The first-order valence-corrected chi connectivity index (χ1v) is 9.94. The lowest BCUT2D eigenvalue weighted by Crippen LogP contribution is -2.28. The standard InChI is InChI=1S/C18H14Cl3N3O2S/c19-11-6-13(21)14(7-12(11)20)23-16(25)8-15-17(26)24-18(27-15)22-9-10-4-2-1-3-5-10/h1-7,15H,8-9H2,(H,23,25)(H,22,24,26). The number of thioether (sulfide) groups is 1. The van der Waals surface area contributed by atoms with E-state index in [-0.39, 0.29) is 28.3 Å². The van der Waals surface area contributed by atoms with Crippen LogP contribution in [0.1, 0.15) is 12.0 Å². The fourth-order valence-corrected chi connectivity index (χ4v) is 3.91. The van der Waals surface area contributed by atoms with E-state index in [4.69, 9.17) is 34.8 Å². The van der Waals surface area contributed by atoms with Crippen LogP contribution in [0, 0.1) is 0 Å². The maximum atomic E-state index is 12.3. The summed E-state index contributed by atoms with van der Waals surface area (Å²) in [5, 5.41) is 6.15. The minimum Gasteiger partial charge on any atom is -0.325 e. The zero-order valence-corrected chi connectivity index (χ0v) is 16.9. The molecule has 27 heavy (non-hydrogen) atoms. The van der Waals surface area contributed by atoms with Gasteiger partial charge >= 0.3 is 0 Å².